The molecule has 0 saturated heterocycles. The van der Waals surface area contributed by atoms with Gasteiger partial charge in [-0.15, -0.1) is 0 Å². The van der Waals surface area contributed by atoms with Gasteiger partial charge in [0.25, 0.3) is 0 Å². The van der Waals surface area contributed by atoms with E-state index in [9.17, 15) is 0 Å². The van der Waals surface area contributed by atoms with Crippen LogP contribution in [0.1, 0.15) is 92.9 Å². The Labute approximate surface area is 123 Å². The van der Waals surface area contributed by atoms with Gasteiger partial charge in [0, 0.05) is 0 Å². The van der Waals surface area contributed by atoms with Crippen LogP contribution in [0.2, 0.25) is 0 Å². The predicted octanol–water partition coefficient (Wildman–Crippen LogP) is 7.00. The zero-order valence-corrected chi connectivity index (χ0v) is 14.5. The number of allylic oxidation sites excluding steroid dienone is 2. The van der Waals surface area contributed by atoms with Crippen LogP contribution in [0.3, 0.4) is 0 Å². The van der Waals surface area contributed by atoms with Crippen molar-refractivity contribution in [2.45, 2.75) is 92.9 Å². The van der Waals surface area contributed by atoms with E-state index in [1.807, 2.05) is 0 Å². The average Bonchev–Trinajstić information content (AvgIpc) is 2.37. The Balaban J connectivity index is 4.00. The van der Waals surface area contributed by atoms with Gasteiger partial charge in [0.2, 0.25) is 0 Å². The molecule has 0 aromatic carbocycles. The van der Waals surface area contributed by atoms with Crippen molar-refractivity contribution in [2.24, 2.45) is 17.8 Å². The van der Waals surface area contributed by atoms with Gasteiger partial charge in [0.1, 0.15) is 0 Å². The van der Waals surface area contributed by atoms with Crippen LogP contribution in [0, 0.1) is 17.8 Å². The largest absolute Gasteiger partial charge is 0.0882 e. The molecule has 0 rings (SSSR count). The monoisotopic (exact) mass is 266 g/mol. The van der Waals surface area contributed by atoms with Gasteiger partial charge in [-0.2, -0.15) is 0 Å². The predicted molar refractivity (Wildman–Crippen MR) is 89.5 cm³/mol. The molecule has 0 spiro atoms. The van der Waals surface area contributed by atoms with Gasteiger partial charge in [-0.1, -0.05) is 78.4 Å². The van der Waals surface area contributed by atoms with Crippen LogP contribution in [0.25, 0.3) is 0 Å². The highest BCUT2D eigenvalue weighted by molar-refractivity contribution is 5.04. The van der Waals surface area contributed by atoms with Gasteiger partial charge in [0.05, 0.1) is 0 Å². The van der Waals surface area contributed by atoms with Crippen LogP contribution >= 0.6 is 0 Å². The van der Waals surface area contributed by atoms with Crippen LogP contribution < -0.4 is 0 Å². The van der Waals surface area contributed by atoms with E-state index >= 15 is 0 Å². The van der Waals surface area contributed by atoms with Crippen molar-refractivity contribution in [3.05, 3.63) is 11.6 Å². The Morgan fingerprint density at radius 1 is 1.00 bits per heavy atom. The van der Waals surface area contributed by atoms with E-state index in [-0.39, 0.29) is 0 Å². The van der Waals surface area contributed by atoms with E-state index in [4.69, 9.17) is 0 Å². The summed E-state index contributed by atoms with van der Waals surface area (Å²) in [5.41, 5.74) is 1.69. The van der Waals surface area contributed by atoms with Gasteiger partial charge in [-0.05, 0) is 43.9 Å². The molecule has 0 heteroatoms. The molecule has 0 nitrogen and oxygen atoms in total. The van der Waals surface area contributed by atoms with E-state index in [0.29, 0.717) is 0 Å². The van der Waals surface area contributed by atoms with Crippen LogP contribution in [-0.2, 0) is 0 Å². The molecule has 0 aromatic heterocycles. The first kappa shape index (κ1) is 18.7. The first-order valence-corrected chi connectivity index (χ1v) is 8.70. The zero-order chi connectivity index (χ0) is 14.7. The van der Waals surface area contributed by atoms with E-state index in [1.54, 1.807) is 5.57 Å². The van der Waals surface area contributed by atoms with Crippen LogP contribution in [0.15, 0.2) is 11.6 Å². The lowest BCUT2D eigenvalue weighted by Crippen LogP contribution is -2.05. The molecule has 0 heterocycles. The number of hydrogen-bond donors (Lipinski definition) is 0. The highest BCUT2D eigenvalue weighted by atomic mass is 14.2. The van der Waals surface area contributed by atoms with Gasteiger partial charge in [-0.3, -0.25) is 0 Å². The molecular weight excluding hydrogens is 228 g/mol. The number of hydrogen-bond acceptors (Lipinski definition) is 0. The molecule has 114 valence electrons. The van der Waals surface area contributed by atoms with Gasteiger partial charge < -0.3 is 0 Å². The lowest BCUT2D eigenvalue weighted by atomic mass is 9.86. The third kappa shape index (κ3) is 9.30. The van der Waals surface area contributed by atoms with E-state index < -0.39 is 0 Å². The van der Waals surface area contributed by atoms with E-state index in [1.165, 1.54) is 51.4 Å². The molecular formula is C19H38. The summed E-state index contributed by atoms with van der Waals surface area (Å²) in [6.07, 6.45) is 13.4. The van der Waals surface area contributed by atoms with Crippen LogP contribution in [-0.4, -0.2) is 0 Å². The van der Waals surface area contributed by atoms with E-state index in [2.05, 4.69) is 47.6 Å². The Morgan fingerprint density at radius 3 is 2.11 bits per heavy atom. The lowest BCUT2D eigenvalue weighted by Gasteiger charge is -2.19. The molecule has 0 aliphatic heterocycles. The molecule has 0 bridgehead atoms. The summed E-state index contributed by atoms with van der Waals surface area (Å²) in [5.74, 6) is 2.57. The second-order valence-corrected chi connectivity index (χ2v) is 6.70. The fourth-order valence-electron chi connectivity index (χ4n) is 3.17. The normalized spacial score (nSPS) is 15.8. The molecule has 0 aromatic rings. The lowest BCUT2D eigenvalue weighted by molar-refractivity contribution is 0.402. The smallest absolute Gasteiger partial charge is 0.0229 e. The Morgan fingerprint density at radius 2 is 1.63 bits per heavy atom. The summed E-state index contributed by atoms with van der Waals surface area (Å²) < 4.78 is 0. The summed E-state index contributed by atoms with van der Waals surface area (Å²) in [7, 11) is 0. The average molecular weight is 267 g/mol. The second-order valence-electron chi connectivity index (χ2n) is 6.70. The van der Waals surface area contributed by atoms with Crippen molar-refractivity contribution >= 4 is 0 Å². The first-order chi connectivity index (χ1) is 9.04. The van der Waals surface area contributed by atoms with Gasteiger partial charge in [0.15, 0.2) is 0 Å². The van der Waals surface area contributed by atoms with Crippen molar-refractivity contribution in [1.82, 2.24) is 0 Å². The quantitative estimate of drug-likeness (QED) is 0.353. The molecule has 0 radical (unpaired) electrons. The summed E-state index contributed by atoms with van der Waals surface area (Å²) >= 11 is 0. The molecule has 2 atom stereocenters. The third-order valence-electron chi connectivity index (χ3n) is 4.45. The SMILES string of the molecule is CC=C(CCCC(CC)CCCC)C(C)CC(C)C. The number of rotatable bonds is 11. The van der Waals surface area contributed by atoms with Crippen molar-refractivity contribution in [3.63, 3.8) is 0 Å². The van der Waals surface area contributed by atoms with Crippen molar-refractivity contribution in [1.29, 1.82) is 0 Å². The maximum Gasteiger partial charge on any atom is -0.0229 e. The van der Waals surface area contributed by atoms with Gasteiger partial charge in [-0.25, -0.2) is 0 Å². The number of unbranched alkanes of at least 4 members (excludes halogenated alkanes) is 1. The summed E-state index contributed by atoms with van der Waals surface area (Å²) in [5, 5.41) is 0. The molecule has 0 fully saturated rings. The first-order valence-electron chi connectivity index (χ1n) is 8.70. The van der Waals surface area contributed by atoms with Gasteiger partial charge >= 0.3 is 0 Å². The maximum absolute atomic E-state index is 2.41. The fourth-order valence-corrected chi connectivity index (χ4v) is 3.17. The molecule has 2 unspecified atom stereocenters. The molecule has 0 aliphatic rings. The molecule has 0 amide bonds. The topological polar surface area (TPSA) is 0 Å². The van der Waals surface area contributed by atoms with Crippen LogP contribution in [0.5, 0.6) is 0 Å². The molecule has 19 heavy (non-hydrogen) atoms. The Bertz CT molecular complexity index is 224. The minimum Gasteiger partial charge on any atom is -0.0882 e. The maximum atomic E-state index is 2.41. The highest BCUT2D eigenvalue weighted by Gasteiger charge is 2.11. The Hall–Kier alpha value is -0.260. The zero-order valence-electron chi connectivity index (χ0n) is 14.5. The summed E-state index contributed by atoms with van der Waals surface area (Å²) in [6.45, 7) is 14.0. The molecule has 0 N–H and O–H groups in total. The van der Waals surface area contributed by atoms with Crippen molar-refractivity contribution in [2.75, 3.05) is 0 Å². The molecule has 0 saturated carbocycles. The van der Waals surface area contributed by atoms with Crippen LogP contribution in [0.4, 0.5) is 0 Å². The van der Waals surface area contributed by atoms with E-state index in [0.717, 1.165) is 17.8 Å². The van der Waals surface area contributed by atoms with Crippen molar-refractivity contribution < 1.29 is 0 Å². The molecule has 0 aliphatic carbocycles. The standard InChI is InChI=1S/C19H38/c1-7-10-12-18(8-2)13-11-14-19(9-3)17(6)15-16(4)5/h9,16-18H,7-8,10-15H2,1-6H3. The second kappa shape index (κ2) is 11.6. The third-order valence-corrected chi connectivity index (χ3v) is 4.45. The van der Waals surface area contributed by atoms with Crippen molar-refractivity contribution in [3.8, 4) is 0 Å². The Kier molecular flexibility index (Phi) is 11.4. The summed E-state index contributed by atoms with van der Waals surface area (Å²) in [4.78, 5) is 0. The fraction of sp³-hybridized carbons (Fsp3) is 0.895. The highest BCUT2D eigenvalue weighted by Crippen LogP contribution is 2.26. The summed E-state index contributed by atoms with van der Waals surface area (Å²) in [6, 6.07) is 0. The minimum atomic E-state index is 0.778. The minimum absolute atomic E-state index is 0.778.